The quantitative estimate of drug-likeness (QED) is 0.494. The molecule has 0 aliphatic heterocycles. The Morgan fingerprint density at radius 3 is 2.57 bits per heavy atom. The first-order valence-electron chi connectivity index (χ1n) is 9.69. The van der Waals surface area contributed by atoms with Crippen LogP contribution in [0.5, 0.6) is 0 Å². The Labute approximate surface area is 169 Å². The molecule has 2 amide bonds. The predicted octanol–water partition coefficient (Wildman–Crippen LogP) is 3.45. The molecule has 1 atom stereocenters. The number of carbonyl (C=O) groups is 2. The molecule has 1 aliphatic carbocycles. The average molecular weight is 399 g/mol. The second-order valence-corrected chi connectivity index (χ2v) is 8.11. The number of thiophene rings is 1. The van der Waals surface area contributed by atoms with E-state index in [-0.39, 0.29) is 6.54 Å². The van der Waals surface area contributed by atoms with Gasteiger partial charge in [-0.3, -0.25) is 9.59 Å². The molecule has 28 heavy (non-hydrogen) atoms. The summed E-state index contributed by atoms with van der Waals surface area (Å²) in [5, 5.41) is 15.8. The van der Waals surface area contributed by atoms with Crippen molar-refractivity contribution >= 4 is 23.2 Å². The van der Waals surface area contributed by atoms with Crippen molar-refractivity contribution in [2.75, 3.05) is 6.54 Å². The van der Waals surface area contributed by atoms with Gasteiger partial charge in [0.05, 0.1) is 6.54 Å². The van der Waals surface area contributed by atoms with Gasteiger partial charge in [-0.25, -0.2) is 0 Å². The van der Waals surface area contributed by atoms with Crippen LogP contribution in [0.3, 0.4) is 0 Å². The number of aliphatic hydroxyl groups is 1. The summed E-state index contributed by atoms with van der Waals surface area (Å²) in [6, 6.07) is 13.1. The van der Waals surface area contributed by atoms with Crippen LogP contribution >= 0.6 is 11.3 Å². The maximum absolute atomic E-state index is 12.0. The third kappa shape index (κ3) is 5.78. The van der Waals surface area contributed by atoms with Crippen molar-refractivity contribution in [2.45, 2.75) is 44.8 Å². The highest BCUT2D eigenvalue weighted by Gasteiger charge is 2.15. The van der Waals surface area contributed by atoms with Gasteiger partial charge in [-0.2, -0.15) is 0 Å². The molecule has 0 radical (unpaired) electrons. The van der Waals surface area contributed by atoms with Crippen molar-refractivity contribution in [3.05, 3.63) is 69.4 Å². The van der Waals surface area contributed by atoms with E-state index in [0.717, 1.165) is 34.6 Å². The fraction of sp³-hybridized carbons (Fsp3) is 0.364. The van der Waals surface area contributed by atoms with Crippen LogP contribution in [0.25, 0.3) is 0 Å². The Hall–Kier alpha value is -2.44. The van der Waals surface area contributed by atoms with E-state index in [9.17, 15) is 14.7 Å². The first-order chi connectivity index (χ1) is 13.6. The molecule has 1 aromatic heterocycles. The highest BCUT2D eigenvalue weighted by Crippen LogP contribution is 2.28. The Morgan fingerprint density at radius 1 is 1.04 bits per heavy atom. The molecule has 5 nitrogen and oxygen atoms in total. The Bertz CT molecular complexity index is 829. The van der Waals surface area contributed by atoms with Crippen LogP contribution in [0.15, 0.2) is 54.1 Å². The SMILES string of the molecule is O=C(NCCC1=CCCCC1)C(=O)NCc1ccc([C@@H](O)c2ccccc2)s1. The Balaban J connectivity index is 1.42. The zero-order valence-electron chi connectivity index (χ0n) is 15.8. The molecule has 0 spiro atoms. The van der Waals surface area contributed by atoms with Gasteiger partial charge in [-0.1, -0.05) is 42.0 Å². The van der Waals surface area contributed by atoms with Gasteiger partial charge in [0.2, 0.25) is 0 Å². The first-order valence-corrected chi connectivity index (χ1v) is 10.5. The molecule has 0 saturated heterocycles. The molecule has 1 aromatic carbocycles. The molecular formula is C22H26N2O3S. The smallest absolute Gasteiger partial charge is 0.309 e. The number of rotatable bonds is 7. The van der Waals surface area contributed by atoms with Crippen LogP contribution in [0.1, 0.15) is 53.5 Å². The molecule has 6 heteroatoms. The zero-order valence-corrected chi connectivity index (χ0v) is 16.6. The summed E-state index contributed by atoms with van der Waals surface area (Å²) < 4.78 is 0. The van der Waals surface area contributed by atoms with Gasteiger partial charge in [0, 0.05) is 16.3 Å². The maximum Gasteiger partial charge on any atom is 0.309 e. The van der Waals surface area contributed by atoms with E-state index in [1.54, 1.807) is 0 Å². The third-order valence-electron chi connectivity index (χ3n) is 4.81. The number of amides is 2. The molecule has 0 saturated carbocycles. The topological polar surface area (TPSA) is 78.4 Å². The number of carbonyl (C=O) groups excluding carboxylic acids is 2. The summed E-state index contributed by atoms with van der Waals surface area (Å²) in [6.45, 7) is 0.758. The summed E-state index contributed by atoms with van der Waals surface area (Å²) in [5.74, 6) is -1.23. The lowest BCUT2D eigenvalue weighted by Crippen LogP contribution is -2.39. The lowest BCUT2D eigenvalue weighted by Gasteiger charge is -2.12. The summed E-state index contributed by atoms with van der Waals surface area (Å²) in [5.41, 5.74) is 2.20. The van der Waals surface area contributed by atoms with Crippen LogP contribution in [0, 0.1) is 0 Å². The minimum Gasteiger partial charge on any atom is -0.383 e. The van der Waals surface area contributed by atoms with Gasteiger partial charge >= 0.3 is 11.8 Å². The summed E-state index contributed by atoms with van der Waals surface area (Å²) in [7, 11) is 0. The van der Waals surface area contributed by atoms with Gasteiger partial charge in [-0.15, -0.1) is 11.3 Å². The standard InChI is InChI=1S/C22H26N2O3S/c25-20(17-9-5-2-6-10-17)19-12-11-18(28-19)15-24-22(27)21(26)23-14-13-16-7-3-1-4-8-16/h2,5-7,9-12,20,25H,1,3-4,8,13-15H2,(H,23,26)(H,24,27)/t20-/m0/s1. The fourth-order valence-electron chi connectivity index (χ4n) is 3.23. The van der Waals surface area contributed by atoms with Crippen LogP contribution in [0.2, 0.25) is 0 Å². The minimum absolute atomic E-state index is 0.267. The molecule has 2 aromatic rings. The molecule has 0 bridgehead atoms. The van der Waals surface area contributed by atoms with E-state index < -0.39 is 17.9 Å². The van der Waals surface area contributed by atoms with Gasteiger partial charge in [0.1, 0.15) is 6.10 Å². The van der Waals surface area contributed by atoms with Gasteiger partial charge in [0.25, 0.3) is 0 Å². The normalized spacial score (nSPS) is 14.8. The number of benzene rings is 1. The first kappa shape index (κ1) is 20.3. The van der Waals surface area contributed by atoms with Crippen LogP contribution in [-0.4, -0.2) is 23.5 Å². The molecule has 0 unspecified atom stereocenters. The number of hydrogen-bond donors (Lipinski definition) is 3. The average Bonchev–Trinajstić information content (AvgIpc) is 3.22. The van der Waals surface area contributed by atoms with E-state index >= 15 is 0 Å². The number of hydrogen-bond acceptors (Lipinski definition) is 4. The summed E-state index contributed by atoms with van der Waals surface area (Å²) >= 11 is 1.42. The maximum atomic E-state index is 12.0. The van der Waals surface area contributed by atoms with Crippen LogP contribution < -0.4 is 10.6 Å². The predicted molar refractivity (Wildman–Crippen MR) is 111 cm³/mol. The third-order valence-corrected chi connectivity index (χ3v) is 5.95. The molecule has 1 aliphatic rings. The Kier molecular flexibility index (Phi) is 7.39. The van der Waals surface area contributed by atoms with E-state index in [2.05, 4.69) is 16.7 Å². The van der Waals surface area contributed by atoms with Crippen LogP contribution in [-0.2, 0) is 16.1 Å². The molecule has 3 rings (SSSR count). The van der Waals surface area contributed by atoms with Crippen LogP contribution in [0.4, 0.5) is 0 Å². The van der Waals surface area contributed by atoms with E-state index in [0.29, 0.717) is 6.54 Å². The van der Waals surface area contributed by atoms with E-state index in [4.69, 9.17) is 0 Å². The lowest BCUT2D eigenvalue weighted by molar-refractivity contribution is -0.139. The molecule has 0 fully saturated rings. The summed E-state index contributed by atoms with van der Waals surface area (Å²) in [6.07, 6.45) is 7.03. The van der Waals surface area contributed by atoms with Crippen molar-refractivity contribution in [1.29, 1.82) is 0 Å². The highest BCUT2D eigenvalue weighted by atomic mass is 32.1. The van der Waals surface area contributed by atoms with Crippen molar-refractivity contribution in [2.24, 2.45) is 0 Å². The summed E-state index contributed by atoms with van der Waals surface area (Å²) in [4.78, 5) is 25.6. The minimum atomic E-state index is -0.687. The van der Waals surface area contributed by atoms with Crippen molar-refractivity contribution in [3.63, 3.8) is 0 Å². The van der Waals surface area contributed by atoms with Crippen molar-refractivity contribution in [3.8, 4) is 0 Å². The van der Waals surface area contributed by atoms with Gasteiger partial charge in [0.15, 0.2) is 0 Å². The largest absolute Gasteiger partial charge is 0.383 e. The molecule has 148 valence electrons. The van der Waals surface area contributed by atoms with E-state index in [1.807, 2.05) is 42.5 Å². The number of nitrogens with one attached hydrogen (secondary N) is 2. The second kappa shape index (κ2) is 10.2. The monoisotopic (exact) mass is 398 g/mol. The lowest BCUT2D eigenvalue weighted by atomic mass is 9.97. The van der Waals surface area contributed by atoms with E-state index in [1.165, 1.54) is 29.8 Å². The Morgan fingerprint density at radius 2 is 1.82 bits per heavy atom. The highest BCUT2D eigenvalue weighted by molar-refractivity contribution is 7.12. The van der Waals surface area contributed by atoms with Gasteiger partial charge < -0.3 is 15.7 Å². The molecule has 1 heterocycles. The van der Waals surface area contributed by atoms with Crippen molar-refractivity contribution in [1.82, 2.24) is 10.6 Å². The second-order valence-electron chi connectivity index (χ2n) is 6.91. The number of allylic oxidation sites excluding steroid dienone is 1. The number of aliphatic hydroxyl groups excluding tert-OH is 1. The van der Waals surface area contributed by atoms with Crippen molar-refractivity contribution < 1.29 is 14.7 Å². The van der Waals surface area contributed by atoms with Gasteiger partial charge in [-0.05, 0) is 49.8 Å². The molecule has 3 N–H and O–H groups in total. The molecular weight excluding hydrogens is 372 g/mol. The zero-order chi connectivity index (χ0) is 19.8. The fourth-order valence-corrected chi connectivity index (χ4v) is 4.20.